The first-order valence-electron chi connectivity index (χ1n) is 6.65. The van der Waals surface area contributed by atoms with Gasteiger partial charge in [0, 0.05) is 25.5 Å². The maximum atomic E-state index is 5.89. The monoisotopic (exact) mass is 296 g/mol. The Bertz CT molecular complexity index is 593. The molecule has 0 amide bonds. The van der Waals surface area contributed by atoms with Gasteiger partial charge in [-0.3, -0.25) is 0 Å². The zero-order valence-corrected chi connectivity index (χ0v) is 13.2. The Balaban J connectivity index is 2.51. The summed E-state index contributed by atoms with van der Waals surface area (Å²) in [5, 5.41) is 0. The van der Waals surface area contributed by atoms with Gasteiger partial charge in [-0.1, -0.05) is 0 Å². The fraction of sp³-hybridized carbons (Fsp3) is 0.533. The molecule has 0 aliphatic carbocycles. The zero-order valence-electron chi connectivity index (χ0n) is 12.4. The Hall–Kier alpha value is -1.26. The van der Waals surface area contributed by atoms with E-state index in [0.717, 1.165) is 35.6 Å². The Kier molecular flexibility index (Phi) is 4.55. The second kappa shape index (κ2) is 6.02. The number of hydrogen-bond donors (Lipinski definition) is 0. The molecule has 1 aromatic heterocycles. The van der Waals surface area contributed by atoms with Crippen molar-refractivity contribution in [1.29, 1.82) is 0 Å². The van der Waals surface area contributed by atoms with Gasteiger partial charge in [0.2, 0.25) is 0 Å². The quantitative estimate of drug-likeness (QED) is 0.768. The molecule has 0 saturated heterocycles. The highest BCUT2D eigenvalue weighted by molar-refractivity contribution is 6.17. The molecule has 0 aliphatic rings. The number of hydrogen-bond acceptors (Lipinski definition) is 3. The Morgan fingerprint density at radius 3 is 2.65 bits per heavy atom. The van der Waals surface area contributed by atoms with E-state index in [0.29, 0.717) is 5.88 Å². The van der Waals surface area contributed by atoms with Gasteiger partial charge in [-0.25, -0.2) is 4.98 Å². The summed E-state index contributed by atoms with van der Waals surface area (Å²) >= 11 is 5.89. The number of methoxy groups -OCH3 is 2. The van der Waals surface area contributed by atoms with Crippen molar-refractivity contribution in [3.05, 3.63) is 24.0 Å². The van der Waals surface area contributed by atoms with Crippen molar-refractivity contribution in [2.75, 3.05) is 20.1 Å². The number of benzene rings is 1. The third-order valence-corrected chi connectivity index (χ3v) is 3.63. The number of imidazole rings is 1. The molecule has 0 N–H and O–H groups in total. The van der Waals surface area contributed by atoms with E-state index in [1.807, 2.05) is 18.2 Å². The van der Waals surface area contributed by atoms with Gasteiger partial charge in [0.25, 0.3) is 0 Å². The Morgan fingerprint density at radius 2 is 2.05 bits per heavy atom. The number of aryl methyl sites for hydroxylation is 1. The summed E-state index contributed by atoms with van der Waals surface area (Å²) in [6.45, 7) is 4.86. The zero-order chi connectivity index (χ0) is 14.8. The van der Waals surface area contributed by atoms with Crippen LogP contribution >= 0.6 is 11.6 Å². The lowest BCUT2D eigenvalue weighted by molar-refractivity contribution is 0.00846. The molecule has 0 unspecified atom stereocenters. The maximum Gasteiger partial charge on any atom is 0.121 e. The van der Waals surface area contributed by atoms with E-state index < -0.39 is 0 Å². The lowest BCUT2D eigenvalue weighted by Crippen LogP contribution is -2.29. The van der Waals surface area contributed by atoms with Gasteiger partial charge in [-0.2, -0.15) is 0 Å². The molecule has 0 saturated carbocycles. The summed E-state index contributed by atoms with van der Waals surface area (Å²) in [5.41, 5.74) is 1.75. The largest absolute Gasteiger partial charge is 0.497 e. The predicted molar refractivity (Wildman–Crippen MR) is 81.8 cm³/mol. The molecular formula is C15H21ClN2O2. The van der Waals surface area contributed by atoms with Crippen LogP contribution in [-0.2, 0) is 17.7 Å². The summed E-state index contributed by atoms with van der Waals surface area (Å²) in [5.74, 6) is 2.34. The molecule has 0 spiro atoms. The number of aromatic nitrogens is 2. The lowest BCUT2D eigenvalue weighted by Gasteiger charge is -2.24. The molecule has 2 aromatic rings. The van der Waals surface area contributed by atoms with Crippen molar-refractivity contribution in [3.63, 3.8) is 0 Å². The number of rotatable bonds is 6. The first-order chi connectivity index (χ1) is 9.50. The smallest absolute Gasteiger partial charge is 0.121 e. The average molecular weight is 297 g/mol. The van der Waals surface area contributed by atoms with E-state index in [1.54, 1.807) is 14.2 Å². The molecule has 1 aromatic carbocycles. The van der Waals surface area contributed by atoms with Gasteiger partial charge in [0.15, 0.2) is 0 Å². The molecule has 0 aliphatic heterocycles. The van der Waals surface area contributed by atoms with Crippen LogP contribution in [0.3, 0.4) is 0 Å². The fourth-order valence-corrected chi connectivity index (χ4v) is 2.35. The normalized spacial score (nSPS) is 12.1. The standard InChI is InChI=1S/C15H21ClN2O2/c1-15(2,20-4)10-18-13-6-5-11(19-3)9-12(13)17-14(18)7-8-16/h5-6,9H,7-8,10H2,1-4H3. The predicted octanol–water partition coefficient (Wildman–Crippen LogP) is 3.25. The third-order valence-electron chi connectivity index (χ3n) is 3.44. The van der Waals surface area contributed by atoms with Gasteiger partial charge in [0.05, 0.1) is 30.3 Å². The molecule has 0 fully saturated rings. The van der Waals surface area contributed by atoms with Crippen LogP contribution in [-0.4, -0.2) is 35.3 Å². The molecule has 0 radical (unpaired) electrons. The van der Waals surface area contributed by atoms with Crippen LogP contribution in [0, 0.1) is 0 Å². The molecule has 110 valence electrons. The number of halogens is 1. The molecule has 20 heavy (non-hydrogen) atoms. The molecule has 0 bridgehead atoms. The summed E-state index contributed by atoms with van der Waals surface area (Å²) < 4.78 is 13.0. The van der Waals surface area contributed by atoms with Crippen LogP contribution in [0.25, 0.3) is 11.0 Å². The summed E-state index contributed by atoms with van der Waals surface area (Å²) in [6.07, 6.45) is 0.734. The van der Waals surface area contributed by atoms with Crippen molar-refractivity contribution >= 4 is 22.6 Å². The molecule has 0 atom stereocenters. The van der Waals surface area contributed by atoms with Crippen molar-refractivity contribution in [1.82, 2.24) is 9.55 Å². The minimum absolute atomic E-state index is 0.255. The van der Waals surface area contributed by atoms with Crippen LogP contribution in [0.4, 0.5) is 0 Å². The number of nitrogens with zero attached hydrogens (tertiary/aromatic N) is 2. The third kappa shape index (κ3) is 3.07. The molecule has 4 nitrogen and oxygen atoms in total. The van der Waals surface area contributed by atoms with Crippen molar-refractivity contribution in [2.45, 2.75) is 32.4 Å². The van der Waals surface area contributed by atoms with Gasteiger partial charge in [-0.05, 0) is 26.0 Å². The van der Waals surface area contributed by atoms with E-state index in [1.165, 1.54) is 0 Å². The summed E-state index contributed by atoms with van der Waals surface area (Å²) in [7, 11) is 3.38. The molecule has 5 heteroatoms. The maximum absolute atomic E-state index is 5.89. The van der Waals surface area contributed by atoms with Crippen LogP contribution in [0.15, 0.2) is 18.2 Å². The van der Waals surface area contributed by atoms with Crippen LogP contribution in [0.1, 0.15) is 19.7 Å². The first kappa shape index (κ1) is 15.1. The second-order valence-corrected chi connectivity index (χ2v) is 5.75. The topological polar surface area (TPSA) is 36.3 Å². The number of fused-ring (bicyclic) bond motifs is 1. The van der Waals surface area contributed by atoms with E-state index in [4.69, 9.17) is 21.1 Å². The lowest BCUT2D eigenvalue weighted by atomic mass is 10.1. The van der Waals surface area contributed by atoms with Crippen LogP contribution < -0.4 is 4.74 Å². The van der Waals surface area contributed by atoms with Gasteiger partial charge in [-0.15, -0.1) is 11.6 Å². The van der Waals surface area contributed by atoms with Crippen molar-refractivity contribution in [3.8, 4) is 5.75 Å². The van der Waals surface area contributed by atoms with E-state index in [2.05, 4.69) is 23.4 Å². The molecule has 1 heterocycles. The van der Waals surface area contributed by atoms with E-state index in [-0.39, 0.29) is 5.60 Å². The summed E-state index contributed by atoms with van der Waals surface area (Å²) in [6, 6.07) is 5.93. The fourth-order valence-electron chi connectivity index (χ4n) is 2.18. The van der Waals surface area contributed by atoms with E-state index >= 15 is 0 Å². The number of alkyl halides is 1. The highest BCUT2D eigenvalue weighted by Gasteiger charge is 2.21. The summed E-state index contributed by atoms with van der Waals surface area (Å²) in [4.78, 5) is 4.67. The average Bonchev–Trinajstić information content (AvgIpc) is 2.76. The Labute approximate surface area is 124 Å². The van der Waals surface area contributed by atoms with Gasteiger partial charge in [0.1, 0.15) is 11.6 Å². The molecule has 2 rings (SSSR count). The second-order valence-electron chi connectivity index (χ2n) is 5.37. The van der Waals surface area contributed by atoms with Crippen LogP contribution in [0.2, 0.25) is 0 Å². The van der Waals surface area contributed by atoms with Gasteiger partial charge < -0.3 is 14.0 Å². The van der Waals surface area contributed by atoms with Crippen molar-refractivity contribution < 1.29 is 9.47 Å². The van der Waals surface area contributed by atoms with E-state index in [9.17, 15) is 0 Å². The highest BCUT2D eigenvalue weighted by Crippen LogP contribution is 2.24. The minimum Gasteiger partial charge on any atom is -0.497 e. The SMILES string of the molecule is COc1ccc2c(c1)nc(CCCl)n2CC(C)(C)OC. The minimum atomic E-state index is -0.255. The highest BCUT2D eigenvalue weighted by atomic mass is 35.5. The molecular weight excluding hydrogens is 276 g/mol. The van der Waals surface area contributed by atoms with Crippen molar-refractivity contribution in [2.24, 2.45) is 0 Å². The van der Waals surface area contributed by atoms with Crippen LogP contribution in [0.5, 0.6) is 5.75 Å². The van der Waals surface area contributed by atoms with Gasteiger partial charge >= 0.3 is 0 Å². The number of ether oxygens (including phenoxy) is 2. The first-order valence-corrected chi connectivity index (χ1v) is 7.18. The Morgan fingerprint density at radius 1 is 1.30 bits per heavy atom.